The molecule has 1 aliphatic rings. The molecule has 40 heavy (non-hydrogen) atoms. The summed E-state index contributed by atoms with van der Waals surface area (Å²) in [5, 5.41) is 18.9. The monoisotopic (exact) mass is 578 g/mol. The molecule has 0 saturated carbocycles. The third-order valence-corrected chi connectivity index (χ3v) is 7.94. The molecular weight excluding hydrogens is 552 g/mol. The fourth-order valence-corrected chi connectivity index (χ4v) is 5.81. The Morgan fingerprint density at radius 1 is 1.12 bits per heavy atom. The van der Waals surface area contributed by atoms with E-state index in [1.54, 1.807) is 26.7 Å². The average molecular weight is 579 g/mol. The van der Waals surface area contributed by atoms with E-state index in [0.717, 1.165) is 17.0 Å². The maximum Gasteiger partial charge on any atom is 0.270 e. The number of amides is 2. The fourth-order valence-electron chi connectivity index (χ4n) is 4.88. The zero-order valence-corrected chi connectivity index (χ0v) is 23.7. The zero-order chi connectivity index (χ0) is 28.6. The van der Waals surface area contributed by atoms with Crippen LogP contribution >= 0.6 is 22.9 Å². The molecule has 1 fully saturated rings. The number of nitrogens with zero attached hydrogens (tertiary/aromatic N) is 6. The quantitative estimate of drug-likeness (QED) is 0.215. The molecule has 0 bridgehead atoms. The molecule has 1 saturated heterocycles. The predicted molar refractivity (Wildman–Crippen MR) is 153 cm³/mol. The van der Waals surface area contributed by atoms with Crippen molar-refractivity contribution >= 4 is 40.4 Å². The van der Waals surface area contributed by atoms with Crippen molar-refractivity contribution in [2.24, 2.45) is 0 Å². The van der Waals surface area contributed by atoms with E-state index in [-0.39, 0.29) is 35.0 Å². The molecule has 206 valence electrons. The molecule has 3 heterocycles. The number of carbonyl (C=O) groups excluding carboxylic acids is 2. The number of carbonyl (C=O) groups is 2. The summed E-state index contributed by atoms with van der Waals surface area (Å²) in [6.07, 6.45) is 1.59. The molecule has 12 heteroatoms. The van der Waals surface area contributed by atoms with Gasteiger partial charge in [-0.1, -0.05) is 43.6 Å². The van der Waals surface area contributed by atoms with Crippen LogP contribution in [0.1, 0.15) is 53.1 Å². The van der Waals surface area contributed by atoms with E-state index in [0.29, 0.717) is 35.4 Å². The Bertz CT molecular complexity index is 1580. The molecule has 1 aliphatic heterocycles. The van der Waals surface area contributed by atoms with Crippen LogP contribution in [0.3, 0.4) is 0 Å². The summed E-state index contributed by atoms with van der Waals surface area (Å²) < 4.78 is 1.73. The lowest BCUT2D eigenvalue weighted by Crippen LogP contribution is -2.55. The SMILES string of the molecule is CC(C)c1c(C(=O)N2CCN(C(=O)c3cccc([N+](=O)[O-])c3)C(C)C2)cnn1-c1nc(-c2ccc(Cl)cc2)cs1. The largest absolute Gasteiger partial charge is 0.335 e. The summed E-state index contributed by atoms with van der Waals surface area (Å²) in [5.74, 6) is -0.448. The standard InChI is InChI=1S/C28H27ClN6O4S/c1-17(2)25-23(14-30-34(25)28-31-24(16-40-28)19-7-9-21(29)10-8-19)27(37)32-11-12-33(18(3)15-32)26(36)20-5-4-6-22(13-20)35(38)39/h4-10,13-14,16-18H,11-12,15H2,1-3H3. The van der Waals surface area contributed by atoms with Crippen molar-refractivity contribution in [2.45, 2.75) is 32.7 Å². The second kappa shape index (κ2) is 11.2. The Hall–Kier alpha value is -4.09. The van der Waals surface area contributed by atoms with Gasteiger partial charge in [0.1, 0.15) is 0 Å². The van der Waals surface area contributed by atoms with Crippen molar-refractivity contribution in [3.63, 3.8) is 0 Å². The number of hydrogen-bond donors (Lipinski definition) is 0. The Morgan fingerprint density at radius 2 is 1.88 bits per heavy atom. The second-order valence-corrected chi connectivity index (χ2v) is 11.2. The summed E-state index contributed by atoms with van der Waals surface area (Å²) in [5.41, 5.74) is 3.13. The van der Waals surface area contributed by atoms with Gasteiger partial charge in [-0.25, -0.2) is 9.67 Å². The van der Waals surface area contributed by atoms with E-state index in [9.17, 15) is 19.7 Å². The van der Waals surface area contributed by atoms with Gasteiger partial charge in [-0.15, -0.1) is 11.3 Å². The molecule has 1 unspecified atom stereocenters. The Labute approximate surface area is 240 Å². The lowest BCUT2D eigenvalue weighted by molar-refractivity contribution is -0.384. The van der Waals surface area contributed by atoms with Crippen LogP contribution in [0.5, 0.6) is 0 Å². The van der Waals surface area contributed by atoms with E-state index in [1.165, 1.54) is 29.5 Å². The molecule has 0 spiro atoms. The van der Waals surface area contributed by atoms with Gasteiger partial charge in [0, 0.05) is 59.3 Å². The van der Waals surface area contributed by atoms with Crippen molar-refractivity contribution < 1.29 is 14.5 Å². The van der Waals surface area contributed by atoms with Crippen LogP contribution in [0, 0.1) is 10.1 Å². The minimum absolute atomic E-state index is 0.00139. The highest BCUT2D eigenvalue weighted by Crippen LogP contribution is 2.30. The highest BCUT2D eigenvalue weighted by Gasteiger charge is 2.33. The van der Waals surface area contributed by atoms with Crippen LogP contribution in [-0.2, 0) is 0 Å². The molecule has 2 aromatic carbocycles. The van der Waals surface area contributed by atoms with E-state index >= 15 is 0 Å². The smallest absolute Gasteiger partial charge is 0.270 e. The van der Waals surface area contributed by atoms with Crippen molar-refractivity contribution in [2.75, 3.05) is 19.6 Å². The summed E-state index contributed by atoms with van der Waals surface area (Å²) in [7, 11) is 0. The summed E-state index contributed by atoms with van der Waals surface area (Å²) in [6, 6.07) is 12.9. The number of nitro groups is 1. The van der Waals surface area contributed by atoms with Crippen LogP contribution in [0.25, 0.3) is 16.4 Å². The van der Waals surface area contributed by atoms with Crippen molar-refractivity contribution in [1.29, 1.82) is 0 Å². The van der Waals surface area contributed by atoms with Gasteiger partial charge < -0.3 is 9.80 Å². The number of benzene rings is 2. The summed E-state index contributed by atoms with van der Waals surface area (Å²) >= 11 is 7.46. The number of halogens is 1. The molecule has 0 aliphatic carbocycles. The molecule has 0 N–H and O–H groups in total. The molecule has 2 aromatic heterocycles. The summed E-state index contributed by atoms with van der Waals surface area (Å²) in [6.45, 7) is 6.88. The van der Waals surface area contributed by atoms with Crippen LogP contribution in [0.15, 0.2) is 60.1 Å². The lowest BCUT2D eigenvalue weighted by Gasteiger charge is -2.40. The maximum atomic E-state index is 13.7. The van der Waals surface area contributed by atoms with Crippen molar-refractivity contribution in [1.82, 2.24) is 24.6 Å². The van der Waals surface area contributed by atoms with Gasteiger partial charge in [0.2, 0.25) is 5.13 Å². The number of non-ortho nitro benzene ring substituents is 1. The minimum atomic E-state index is -0.520. The van der Waals surface area contributed by atoms with Gasteiger partial charge >= 0.3 is 0 Å². The topological polar surface area (TPSA) is 114 Å². The van der Waals surface area contributed by atoms with Gasteiger partial charge in [-0.2, -0.15) is 5.10 Å². The number of aromatic nitrogens is 3. The molecule has 0 radical (unpaired) electrons. The van der Waals surface area contributed by atoms with Crippen LogP contribution in [0.4, 0.5) is 5.69 Å². The van der Waals surface area contributed by atoms with Crippen molar-refractivity contribution in [3.05, 3.63) is 92.1 Å². The maximum absolute atomic E-state index is 13.7. The van der Waals surface area contributed by atoms with Gasteiger partial charge in [0.15, 0.2) is 0 Å². The number of thiazole rings is 1. The zero-order valence-electron chi connectivity index (χ0n) is 22.2. The summed E-state index contributed by atoms with van der Waals surface area (Å²) in [4.78, 5) is 45.6. The van der Waals surface area contributed by atoms with Crippen molar-refractivity contribution in [3.8, 4) is 16.4 Å². The van der Waals surface area contributed by atoms with Crippen LogP contribution in [0.2, 0.25) is 5.02 Å². The van der Waals surface area contributed by atoms with E-state index in [4.69, 9.17) is 16.6 Å². The molecule has 10 nitrogen and oxygen atoms in total. The third kappa shape index (κ3) is 5.34. The van der Waals surface area contributed by atoms with E-state index < -0.39 is 4.92 Å². The first kappa shape index (κ1) is 27.5. The number of hydrogen-bond acceptors (Lipinski definition) is 7. The van der Waals surface area contributed by atoms with E-state index in [2.05, 4.69) is 5.10 Å². The fraction of sp³-hybridized carbons (Fsp3) is 0.286. The Morgan fingerprint density at radius 3 is 2.55 bits per heavy atom. The molecule has 4 aromatic rings. The van der Waals surface area contributed by atoms with Gasteiger partial charge in [0.25, 0.3) is 17.5 Å². The first-order valence-electron chi connectivity index (χ1n) is 12.8. The predicted octanol–water partition coefficient (Wildman–Crippen LogP) is 5.67. The minimum Gasteiger partial charge on any atom is -0.335 e. The van der Waals surface area contributed by atoms with Crippen LogP contribution in [-0.4, -0.2) is 67.0 Å². The van der Waals surface area contributed by atoms with Gasteiger partial charge in [0.05, 0.1) is 28.1 Å². The molecule has 2 amide bonds. The normalized spacial score (nSPS) is 15.5. The van der Waals surface area contributed by atoms with Crippen LogP contribution < -0.4 is 0 Å². The Kier molecular flexibility index (Phi) is 7.68. The second-order valence-electron chi connectivity index (χ2n) is 9.94. The lowest BCUT2D eigenvalue weighted by atomic mass is 10.0. The molecule has 1 atom stereocenters. The average Bonchev–Trinajstić information content (AvgIpc) is 3.60. The van der Waals surface area contributed by atoms with Gasteiger partial charge in [-0.05, 0) is 31.0 Å². The number of rotatable bonds is 6. The highest BCUT2D eigenvalue weighted by atomic mass is 35.5. The number of piperazine rings is 1. The first-order chi connectivity index (χ1) is 19.1. The molecular formula is C28H27ClN6O4S. The third-order valence-electron chi connectivity index (χ3n) is 6.88. The highest BCUT2D eigenvalue weighted by molar-refractivity contribution is 7.12. The van der Waals surface area contributed by atoms with Gasteiger partial charge in [-0.3, -0.25) is 19.7 Å². The number of nitro benzene ring substituents is 1. The molecule has 5 rings (SSSR count). The first-order valence-corrected chi connectivity index (χ1v) is 14.0. The van der Waals surface area contributed by atoms with E-state index in [1.807, 2.05) is 50.4 Å². The Balaban J connectivity index is 1.34.